The van der Waals surface area contributed by atoms with E-state index in [2.05, 4.69) is 27.9 Å². The van der Waals surface area contributed by atoms with Gasteiger partial charge in [0, 0.05) is 17.0 Å². The summed E-state index contributed by atoms with van der Waals surface area (Å²) in [4.78, 5) is 17.1. The molecule has 1 aliphatic rings. The highest BCUT2D eigenvalue weighted by molar-refractivity contribution is 7.08. The van der Waals surface area contributed by atoms with Crippen molar-refractivity contribution in [3.05, 3.63) is 40.2 Å². The second kappa shape index (κ2) is 6.58. The molecule has 1 fully saturated rings. The summed E-state index contributed by atoms with van der Waals surface area (Å²) in [6.45, 7) is 5.99. The highest BCUT2D eigenvalue weighted by Crippen LogP contribution is 2.21. The van der Waals surface area contributed by atoms with Crippen LogP contribution in [-0.2, 0) is 0 Å². The number of nitrogens with zero attached hydrogens (tertiary/aromatic N) is 1. The van der Waals surface area contributed by atoms with Crippen LogP contribution >= 0.6 is 11.3 Å². The highest BCUT2D eigenvalue weighted by atomic mass is 32.1. The molecule has 2 atom stereocenters. The molecular formula is C17H21N3OS. The molecular weight excluding hydrogens is 294 g/mol. The maximum absolute atomic E-state index is 12.5. The van der Waals surface area contributed by atoms with E-state index < -0.39 is 0 Å². The first kappa shape index (κ1) is 15.2. The summed E-state index contributed by atoms with van der Waals surface area (Å²) in [5.74, 6) is 0.441. The van der Waals surface area contributed by atoms with Gasteiger partial charge in [0.05, 0.1) is 17.0 Å². The van der Waals surface area contributed by atoms with Crippen LogP contribution in [0.2, 0.25) is 0 Å². The number of rotatable bonds is 3. The number of carbonyl (C=O) groups is 1. The van der Waals surface area contributed by atoms with Crippen molar-refractivity contribution >= 4 is 17.2 Å². The summed E-state index contributed by atoms with van der Waals surface area (Å²) in [5.41, 5.74) is 3.48. The number of aromatic nitrogens is 1. The van der Waals surface area contributed by atoms with Gasteiger partial charge in [-0.3, -0.25) is 9.78 Å². The van der Waals surface area contributed by atoms with E-state index in [0.29, 0.717) is 11.5 Å². The fourth-order valence-electron chi connectivity index (χ4n) is 2.85. The molecule has 4 nitrogen and oxygen atoms in total. The van der Waals surface area contributed by atoms with Gasteiger partial charge in [-0.05, 0) is 55.9 Å². The zero-order chi connectivity index (χ0) is 15.5. The Bertz CT molecular complexity index is 654. The van der Waals surface area contributed by atoms with Crippen LogP contribution < -0.4 is 10.6 Å². The number of carbonyl (C=O) groups excluding carboxylic acids is 1. The van der Waals surface area contributed by atoms with E-state index in [1.807, 2.05) is 30.5 Å². The van der Waals surface area contributed by atoms with Crippen LogP contribution in [0.1, 0.15) is 29.4 Å². The number of pyridine rings is 1. The van der Waals surface area contributed by atoms with Crippen LogP contribution in [0.25, 0.3) is 11.3 Å². The number of nitrogens with one attached hydrogen (secondary N) is 2. The zero-order valence-electron chi connectivity index (χ0n) is 12.9. The first-order chi connectivity index (χ1) is 10.6. The Morgan fingerprint density at radius 2 is 2.27 bits per heavy atom. The summed E-state index contributed by atoms with van der Waals surface area (Å²) in [6, 6.07) is 6.10. The van der Waals surface area contributed by atoms with Gasteiger partial charge in [-0.15, -0.1) is 0 Å². The third-order valence-electron chi connectivity index (χ3n) is 4.25. The molecule has 1 amide bonds. The van der Waals surface area contributed by atoms with Crippen molar-refractivity contribution in [2.24, 2.45) is 5.92 Å². The van der Waals surface area contributed by atoms with Crippen LogP contribution in [0.4, 0.5) is 0 Å². The summed E-state index contributed by atoms with van der Waals surface area (Å²) < 4.78 is 0. The zero-order valence-corrected chi connectivity index (χ0v) is 13.7. The Morgan fingerprint density at radius 1 is 1.41 bits per heavy atom. The van der Waals surface area contributed by atoms with Gasteiger partial charge in [-0.25, -0.2) is 0 Å². The van der Waals surface area contributed by atoms with Crippen LogP contribution in [0, 0.1) is 12.8 Å². The molecule has 1 saturated heterocycles. The second-order valence-electron chi connectivity index (χ2n) is 5.89. The lowest BCUT2D eigenvalue weighted by molar-refractivity contribution is 0.0913. The van der Waals surface area contributed by atoms with Gasteiger partial charge < -0.3 is 10.6 Å². The van der Waals surface area contributed by atoms with E-state index in [4.69, 9.17) is 0 Å². The van der Waals surface area contributed by atoms with Gasteiger partial charge in [0.2, 0.25) is 0 Å². The van der Waals surface area contributed by atoms with Crippen LogP contribution in [0.5, 0.6) is 0 Å². The van der Waals surface area contributed by atoms with E-state index in [9.17, 15) is 4.79 Å². The topological polar surface area (TPSA) is 54.0 Å². The SMILES string of the molecule is Cc1nc(-c2ccsc2)ccc1C(=O)NC1CCNCC1C. The number of hydrogen-bond acceptors (Lipinski definition) is 4. The predicted octanol–water partition coefficient (Wildman–Crippen LogP) is 2.85. The van der Waals surface area contributed by atoms with E-state index in [-0.39, 0.29) is 11.9 Å². The van der Waals surface area contributed by atoms with E-state index in [0.717, 1.165) is 36.5 Å². The van der Waals surface area contributed by atoms with Crippen molar-refractivity contribution in [2.45, 2.75) is 26.3 Å². The Kier molecular flexibility index (Phi) is 4.55. The van der Waals surface area contributed by atoms with Crippen molar-refractivity contribution in [3.63, 3.8) is 0 Å². The van der Waals surface area contributed by atoms with Gasteiger partial charge in [-0.2, -0.15) is 11.3 Å². The van der Waals surface area contributed by atoms with E-state index >= 15 is 0 Å². The van der Waals surface area contributed by atoms with Crippen molar-refractivity contribution in [3.8, 4) is 11.3 Å². The van der Waals surface area contributed by atoms with Crippen LogP contribution in [0.15, 0.2) is 29.0 Å². The smallest absolute Gasteiger partial charge is 0.253 e. The van der Waals surface area contributed by atoms with Crippen molar-refractivity contribution in [1.82, 2.24) is 15.6 Å². The van der Waals surface area contributed by atoms with Crippen molar-refractivity contribution < 1.29 is 4.79 Å². The lowest BCUT2D eigenvalue weighted by Crippen LogP contribution is -2.48. The number of thiophene rings is 1. The fourth-order valence-corrected chi connectivity index (χ4v) is 3.50. The molecule has 116 valence electrons. The third-order valence-corrected chi connectivity index (χ3v) is 4.93. The number of piperidine rings is 1. The molecule has 1 aliphatic heterocycles. The highest BCUT2D eigenvalue weighted by Gasteiger charge is 2.23. The van der Waals surface area contributed by atoms with Gasteiger partial charge in [-0.1, -0.05) is 6.92 Å². The lowest BCUT2D eigenvalue weighted by Gasteiger charge is -2.30. The van der Waals surface area contributed by atoms with E-state index in [1.54, 1.807) is 11.3 Å². The average molecular weight is 315 g/mol. The van der Waals surface area contributed by atoms with Crippen molar-refractivity contribution in [1.29, 1.82) is 0 Å². The van der Waals surface area contributed by atoms with Crippen LogP contribution in [0.3, 0.4) is 0 Å². The molecule has 0 bridgehead atoms. The average Bonchev–Trinajstić information content (AvgIpc) is 3.03. The molecule has 2 aromatic heterocycles. The molecule has 2 aromatic rings. The van der Waals surface area contributed by atoms with E-state index in [1.165, 1.54) is 0 Å². The summed E-state index contributed by atoms with van der Waals surface area (Å²) in [5, 5.41) is 10.6. The third kappa shape index (κ3) is 3.20. The molecule has 22 heavy (non-hydrogen) atoms. The molecule has 2 N–H and O–H groups in total. The second-order valence-corrected chi connectivity index (χ2v) is 6.67. The number of aryl methyl sites for hydroxylation is 1. The molecule has 3 heterocycles. The normalized spacial score (nSPS) is 21.5. The minimum absolute atomic E-state index is 0.0133. The molecule has 0 saturated carbocycles. The Balaban J connectivity index is 1.75. The number of hydrogen-bond donors (Lipinski definition) is 2. The number of amides is 1. The largest absolute Gasteiger partial charge is 0.349 e. The van der Waals surface area contributed by atoms with Gasteiger partial charge in [0.25, 0.3) is 5.91 Å². The first-order valence-electron chi connectivity index (χ1n) is 7.67. The minimum Gasteiger partial charge on any atom is -0.349 e. The van der Waals surface area contributed by atoms with Gasteiger partial charge >= 0.3 is 0 Å². The molecule has 0 spiro atoms. The Hall–Kier alpha value is -1.72. The fraction of sp³-hybridized carbons (Fsp3) is 0.412. The van der Waals surface area contributed by atoms with Gasteiger partial charge in [0.15, 0.2) is 0 Å². The maximum Gasteiger partial charge on any atom is 0.253 e. The maximum atomic E-state index is 12.5. The molecule has 0 aromatic carbocycles. The Labute approximate surface area is 135 Å². The predicted molar refractivity (Wildman–Crippen MR) is 90.2 cm³/mol. The molecule has 5 heteroatoms. The first-order valence-corrected chi connectivity index (χ1v) is 8.61. The summed E-state index contributed by atoms with van der Waals surface area (Å²) >= 11 is 1.65. The Morgan fingerprint density at radius 3 is 2.95 bits per heavy atom. The van der Waals surface area contributed by atoms with Crippen molar-refractivity contribution in [2.75, 3.05) is 13.1 Å². The molecule has 0 aliphatic carbocycles. The summed E-state index contributed by atoms with van der Waals surface area (Å²) in [6.07, 6.45) is 0.979. The molecule has 3 rings (SSSR count). The lowest BCUT2D eigenvalue weighted by atomic mass is 9.95. The van der Waals surface area contributed by atoms with Crippen LogP contribution in [-0.4, -0.2) is 30.0 Å². The monoisotopic (exact) mass is 315 g/mol. The quantitative estimate of drug-likeness (QED) is 0.916. The molecule has 0 radical (unpaired) electrons. The van der Waals surface area contributed by atoms with Gasteiger partial charge in [0.1, 0.15) is 0 Å². The minimum atomic E-state index is -0.0133. The standard InChI is InChI=1S/C17H21N3OS/c1-11-9-18-7-5-15(11)20-17(21)14-3-4-16(19-12(14)2)13-6-8-22-10-13/h3-4,6,8,10-11,15,18H,5,7,9H2,1-2H3,(H,20,21). The molecule has 2 unspecified atom stereocenters. The summed E-state index contributed by atoms with van der Waals surface area (Å²) in [7, 11) is 0.